The Morgan fingerprint density at radius 1 is 1.32 bits per heavy atom. The molecule has 0 spiro atoms. The van der Waals surface area contributed by atoms with E-state index < -0.39 is 0 Å². The number of ether oxygens (including phenoxy) is 2. The van der Waals surface area contributed by atoms with Crippen LogP contribution in [-0.4, -0.2) is 42.0 Å². The topological polar surface area (TPSA) is 59.6 Å². The maximum atomic E-state index is 11.7. The monoisotopic (exact) mass is 382 g/mol. The molecule has 0 radical (unpaired) electrons. The van der Waals surface area contributed by atoms with Gasteiger partial charge in [-0.05, 0) is 32.6 Å². The highest BCUT2D eigenvalue weighted by Crippen LogP contribution is 2.33. The first-order valence-corrected chi connectivity index (χ1v) is 8.21. The summed E-state index contributed by atoms with van der Waals surface area (Å²) < 4.78 is 11.5. The first kappa shape index (κ1) is 15.5. The molecule has 0 aromatic rings. The van der Waals surface area contributed by atoms with Gasteiger partial charge in [-0.25, -0.2) is 0 Å². The number of carbonyl (C=O) groups excluding carboxylic acids is 1. The van der Waals surface area contributed by atoms with Crippen LogP contribution in [0.3, 0.4) is 0 Å². The van der Waals surface area contributed by atoms with Crippen molar-refractivity contribution in [3.05, 3.63) is 0 Å². The third kappa shape index (κ3) is 4.27. The molecule has 6 heteroatoms. The summed E-state index contributed by atoms with van der Waals surface area (Å²) in [5.74, 6) is -0.0938. The predicted molar refractivity (Wildman–Crippen MR) is 81.0 cm³/mol. The molecule has 1 heterocycles. The summed E-state index contributed by atoms with van der Waals surface area (Å²) in [4.78, 5) is 11.7. The molecule has 5 unspecified atom stereocenters. The highest BCUT2D eigenvalue weighted by molar-refractivity contribution is 14.1. The van der Waals surface area contributed by atoms with Crippen LogP contribution < -0.4 is 10.6 Å². The summed E-state index contributed by atoms with van der Waals surface area (Å²) in [5.41, 5.74) is 0. The third-order valence-electron chi connectivity index (χ3n) is 3.88. The molecule has 2 aliphatic rings. The molecule has 0 amide bonds. The van der Waals surface area contributed by atoms with Gasteiger partial charge in [0.15, 0.2) is 0 Å². The summed E-state index contributed by atoms with van der Waals surface area (Å²) in [6, 6.07) is 0. The molecule has 2 rings (SSSR count). The van der Waals surface area contributed by atoms with E-state index in [2.05, 4.69) is 40.1 Å². The van der Waals surface area contributed by atoms with E-state index in [9.17, 15) is 4.79 Å². The fraction of sp³-hybridized carbons (Fsp3) is 0.923. The van der Waals surface area contributed by atoms with E-state index in [1.807, 2.05) is 0 Å². The van der Waals surface area contributed by atoms with Crippen LogP contribution in [0.15, 0.2) is 0 Å². The molecule has 5 nitrogen and oxygen atoms in total. The smallest absolute Gasteiger partial charge is 0.308 e. The molecule has 1 aliphatic carbocycles. The van der Waals surface area contributed by atoms with Gasteiger partial charge in [-0.2, -0.15) is 0 Å². The highest BCUT2D eigenvalue weighted by Gasteiger charge is 2.35. The Morgan fingerprint density at radius 2 is 2.11 bits per heavy atom. The number of hydrogen-bond donors (Lipinski definition) is 2. The minimum Gasteiger partial charge on any atom is -0.469 e. The number of alkyl halides is 1. The predicted octanol–water partition coefficient (Wildman–Crippen LogP) is 1.40. The average Bonchev–Trinajstić information content (AvgIpc) is 2.40. The highest BCUT2D eigenvalue weighted by atomic mass is 127. The minimum atomic E-state index is -0.0939. The second-order valence-electron chi connectivity index (χ2n) is 5.34. The molecule has 110 valence electrons. The molecule has 1 aliphatic heterocycles. The second kappa shape index (κ2) is 7.19. The van der Waals surface area contributed by atoms with Gasteiger partial charge in [-0.1, -0.05) is 22.6 Å². The Kier molecular flexibility index (Phi) is 5.86. The number of nitrogens with one attached hydrogen (secondary N) is 2. The molecule has 0 bridgehead atoms. The van der Waals surface area contributed by atoms with Crippen LogP contribution in [0.5, 0.6) is 0 Å². The van der Waals surface area contributed by atoms with Crippen molar-refractivity contribution < 1.29 is 14.3 Å². The van der Waals surface area contributed by atoms with E-state index in [0.717, 1.165) is 32.2 Å². The summed E-state index contributed by atoms with van der Waals surface area (Å²) in [6.45, 7) is 3.06. The Balaban J connectivity index is 1.88. The number of carbonyl (C=O) groups is 1. The summed E-state index contributed by atoms with van der Waals surface area (Å²) in [5, 5.41) is 6.72. The normalized spacial score (nSPS) is 39.8. The Bertz CT molecular complexity index is 316. The molecule has 0 aromatic heterocycles. The Morgan fingerprint density at radius 3 is 2.79 bits per heavy atom. The lowest BCUT2D eigenvalue weighted by Crippen LogP contribution is -2.54. The number of halogens is 1. The molecule has 2 N–H and O–H groups in total. The first-order chi connectivity index (χ1) is 9.10. The SMILES string of the molecule is COC(=O)C1CCC(I)C(OC2CCNC(C)N2)C1. The van der Waals surface area contributed by atoms with Crippen molar-refractivity contribution in [1.29, 1.82) is 0 Å². The average molecular weight is 382 g/mol. The van der Waals surface area contributed by atoms with Gasteiger partial charge in [0.1, 0.15) is 6.23 Å². The van der Waals surface area contributed by atoms with Gasteiger partial charge in [-0.3, -0.25) is 10.1 Å². The maximum Gasteiger partial charge on any atom is 0.308 e. The molecule has 19 heavy (non-hydrogen) atoms. The van der Waals surface area contributed by atoms with Gasteiger partial charge in [-0.15, -0.1) is 0 Å². The number of methoxy groups -OCH3 is 1. The number of hydrogen-bond acceptors (Lipinski definition) is 5. The van der Waals surface area contributed by atoms with E-state index in [0.29, 0.717) is 3.92 Å². The quantitative estimate of drug-likeness (QED) is 0.439. The molecule has 5 atom stereocenters. The standard InChI is InChI=1S/C13H23IN2O3/c1-8-15-6-5-12(16-8)19-11-7-9(13(17)18-2)3-4-10(11)14/h8-12,15-16H,3-7H2,1-2H3. The van der Waals surface area contributed by atoms with Gasteiger partial charge < -0.3 is 14.8 Å². The van der Waals surface area contributed by atoms with Crippen molar-refractivity contribution in [2.24, 2.45) is 5.92 Å². The summed E-state index contributed by atoms with van der Waals surface area (Å²) >= 11 is 2.45. The van der Waals surface area contributed by atoms with Crippen molar-refractivity contribution in [3.8, 4) is 0 Å². The van der Waals surface area contributed by atoms with Crippen molar-refractivity contribution in [1.82, 2.24) is 10.6 Å². The molecule has 2 fully saturated rings. The van der Waals surface area contributed by atoms with Crippen LogP contribution in [0, 0.1) is 5.92 Å². The van der Waals surface area contributed by atoms with E-state index in [1.54, 1.807) is 0 Å². The Labute approximate surface area is 128 Å². The van der Waals surface area contributed by atoms with Gasteiger partial charge >= 0.3 is 5.97 Å². The van der Waals surface area contributed by atoms with Gasteiger partial charge in [0, 0.05) is 10.5 Å². The largest absolute Gasteiger partial charge is 0.469 e. The summed E-state index contributed by atoms with van der Waals surface area (Å²) in [7, 11) is 1.46. The van der Waals surface area contributed by atoms with Crippen LogP contribution in [0.1, 0.15) is 32.6 Å². The molecule has 1 saturated heterocycles. The zero-order valence-corrected chi connectivity index (χ0v) is 13.7. The van der Waals surface area contributed by atoms with Gasteiger partial charge in [0.25, 0.3) is 0 Å². The van der Waals surface area contributed by atoms with Crippen LogP contribution in [0.25, 0.3) is 0 Å². The van der Waals surface area contributed by atoms with Crippen LogP contribution >= 0.6 is 22.6 Å². The fourth-order valence-corrected chi connectivity index (χ4v) is 3.61. The number of esters is 1. The van der Waals surface area contributed by atoms with Crippen molar-refractivity contribution >= 4 is 28.6 Å². The van der Waals surface area contributed by atoms with Crippen LogP contribution in [0.2, 0.25) is 0 Å². The van der Waals surface area contributed by atoms with E-state index in [-0.39, 0.29) is 30.4 Å². The van der Waals surface area contributed by atoms with Crippen LogP contribution in [-0.2, 0) is 14.3 Å². The first-order valence-electron chi connectivity index (χ1n) is 6.97. The molecular formula is C13H23IN2O3. The summed E-state index contributed by atoms with van der Waals surface area (Å²) in [6.07, 6.45) is 4.19. The lowest BCUT2D eigenvalue weighted by molar-refractivity contribution is -0.149. The maximum absolute atomic E-state index is 11.7. The van der Waals surface area contributed by atoms with Gasteiger partial charge in [0.2, 0.25) is 0 Å². The molecule has 0 aromatic carbocycles. The zero-order valence-electron chi connectivity index (χ0n) is 11.5. The van der Waals surface area contributed by atoms with E-state index >= 15 is 0 Å². The lowest BCUT2D eigenvalue weighted by atomic mass is 9.87. The van der Waals surface area contributed by atoms with E-state index in [4.69, 9.17) is 9.47 Å². The Hall–Kier alpha value is 0.0800. The van der Waals surface area contributed by atoms with Crippen molar-refractivity contribution in [2.45, 2.75) is 55.0 Å². The second-order valence-corrected chi connectivity index (χ2v) is 6.94. The number of rotatable bonds is 3. The van der Waals surface area contributed by atoms with E-state index in [1.165, 1.54) is 7.11 Å². The van der Waals surface area contributed by atoms with Crippen molar-refractivity contribution in [3.63, 3.8) is 0 Å². The minimum absolute atomic E-state index is 0.000144. The van der Waals surface area contributed by atoms with Crippen molar-refractivity contribution in [2.75, 3.05) is 13.7 Å². The lowest BCUT2D eigenvalue weighted by Gasteiger charge is -2.37. The third-order valence-corrected chi connectivity index (χ3v) is 5.30. The fourth-order valence-electron chi connectivity index (χ4n) is 2.78. The molecule has 1 saturated carbocycles. The van der Waals surface area contributed by atoms with Crippen LogP contribution in [0.4, 0.5) is 0 Å². The van der Waals surface area contributed by atoms with Gasteiger partial charge in [0.05, 0.1) is 25.3 Å². The zero-order chi connectivity index (χ0) is 13.8. The molecular weight excluding hydrogens is 359 g/mol.